The minimum atomic E-state index is -0.166. The van der Waals surface area contributed by atoms with Crippen molar-refractivity contribution in [3.05, 3.63) is 70.5 Å². The van der Waals surface area contributed by atoms with Crippen molar-refractivity contribution in [2.45, 2.75) is 33.1 Å². The van der Waals surface area contributed by atoms with Crippen LogP contribution in [0.4, 0.5) is 5.69 Å². The Morgan fingerprint density at radius 2 is 1.79 bits per heavy atom. The second kappa shape index (κ2) is 8.95. The van der Waals surface area contributed by atoms with E-state index < -0.39 is 0 Å². The third-order valence-corrected chi connectivity index (χ3v) is 5.09. The Hall–Kier alpha value is -3.08. The number of hydrogen-bond donors (Lipinski definition) is 0. The summed E-state index contributed by atoms with van der Waals surface area (Å²) in [6, 6.07) is 17.1. The Kier molecular flexibility index (Phi) is 6.37. The van der Waals surface area contributed by atoms with E-state index in [2.05, 4.69) is 26.0 Å². The van der Waals surface area contributed by atoms with E-state index in [9.17, 15) is 9.59 Å². The van der Waals surface area contributed by atoms with E-state index in [1.165, 1.54) is 11.6 Å². The molecule has 0 fully saturated rings. The van der Waals surface area contributed by atoms with Gasteiger partial charge in [-0.25, -0.2) is 0 Å². The fraction of sp³-hybridized carbons (Fsp3) is 0.333. The topological polar surface area (TPSA) is 51.5 Å². The lowest BCUT2D eigenvalue weighted by Crippen LogP contribution is -2.35. The first-order valence-corrected chi connectivity index (χ1v) is 10.0. The van der Waals surface area contributed by atoms with E-state index in [1.807, 2.05) is 43.3 Å². The summed E-state index contributed by atoms with van der Waals surface area (Å²) in [5.74, 6) is 0.745. The summed E-state index contributed by atoms with van der Waals surface area (Å²) in [6.07, 6.45) is 0.840. The summed E-state index contributed by atoms with van der Waals surface area (Å²) in [5, 5.41) is 0.811. The Morgan fingerprint density at radius 1 is 1.10 bits per heavy atom. The van der Waals surface area contributed by atoms with Crippen molar-refractivity contribution in [1.29, 1.82) is 0 Å². The zero-order valence-electron chi connectivity index (χ0n) is 17.5. The molecule has 1 aromatic heterocycles. The lowest BCUT2D eigenvalue weighted by Gasteiger charge is -2.23. The van der Waals surface area contributed by atoms with E-state index in [-0.39, 0.29) is 18.1 Å². The van der Waals surface area contributed by atoms with Crippen LogP contribution >= 0.6 is 0 Å². The summed E-state index contributed by atoms with van der Waals surface area (Å²) < 4.78 is 7.40. The van der Waals surface area contributed by atoms with Gasteiger partial charge in [0.1, 0.15) is 5.75 Å². The van der Waals surface area contributed by atoms with Gasteiger partial charge in [0.15, 0.2) is 6.61 Å². The second-order valence-corrected chi connectivity index (χ2v) is 7.50. The molecule has 5 nitrogen and oxygen atoms in total. The van der Waals surface area contributed by atoms with Gasteiger partial charge in [0.25, 0.3) is 11.5 Å². The SMILES string of the molecule is CCCN(C(=O)COc1cc(=O)n(C)c2ccccc12)c1ccc(C(C)C)cc1. The second-order valence-electron chi connectivity index (χ2n) is 7.50. The number of aromatic nitrogens is 1. The number of para-hydroxylation sites is 1. The van der Waals surface area contributed by atoms with E-state index in [1.54, 1.807) is 16.5 Å². The molecule has 0 unspecified atom stereocenters. The summed E-state index contributed by atoms with van der Waals surface area (Å²) in [7, 11) is 1.73. The predicted molar refractivity (Wildman–Crippen MR) is 118 cm³/mol. The number of benzene rings is 2. The lowest BCUT2D eigenvalue weighted by molar-refractivity contribution is -0.120. The quantitative estimate of drug-likeness (QED) is 0.595. The van der Waals surface area contributed by atoms with E-state index in [4.69, 9.17) is 4.74 Å². The molecule has 5 heteroatoms. The monoisotopic (exact) mass is 392 g/mol. The van der Waals surface area contributed by atoms with Crippen LogP contribution in [0.2, 0.25) is 0 Å². The number of anilines is 1. The van der Waals surface area contributed by atoms with Gasteiger partial charge in [0.05, 0.1) is 5.52 Å². The van der Waals surface area contributed by atoms with Gasteiger partial charge in [-0.1, -0.05) is 45.0 Å². The van der Waals surface area contributed by atoms with Crippen molar-refractivity contribution in [3.63, 3.8) is 0 Å². The van der Waals surface area contributed by atoms with Gasteiger partial charge < -0.3 is 14.2 Å². The summed E-state index contributed by atoms with van der Waals surface area (Å²) in [5.41, 5.74) is 2.71. The van der Waals surface area contributed by atoms with Gasteiger partial charge in [0.2, 0.25) is 0 Å². The lowest BCUT2D eigenvalue weighted by atomic mass is 10.0. The fourth-order valence-corrected chi connectivity index (χ4v) is 3.38. The molecule has 0 radical (unpaired) electrons. The van der Waals surface area contributed by atoms with Gasteiger partial charge in [-0.05, 0) is 42.2 Å². The number of amides is 1. The molecule has 0 aliphatic heterocycles. The third-order valence-electron chi connectivity index (χ3n) is 5.09. The first-order chi connectivity index (χ1) is 13.9. The number of carbonyl (C=O) groups excluding carboxylic acids is 1. The van der Waals surface area contributed by atoms with Crippen LogP contribution in [0, 0.1) is 0 Å². The van der Waals surface area contributed by atoms with E-state index >= 15 is 0 Å². The molecule has 0 saturated carbocycles. The average molecular weight is 392 g/mol. The van der Waals surface area contributed by atoms with Crippen molar-refractivity contribution < 1.29 is 9.53 Å². The number of hydrogen-bond acceptors (Lipinski definition) is 3. The molecule has 0 N–H and O–H groups in total. The molecule has 0 saturated heterocycles. The first kappa shape index (κ1) is 20.6. The van der Waals surface area contributed by atoms with Gasteiger partial charge >= 0.3 is 0 Å². The van der Waals surface area contributed by atoms with E-state index in [0.29, 0.717) is 18.2 Å². The highest BCUT2D eigenvalue weighted by Gasteiger charge is 2.17. The Balaban J connectivity index is 1.82. The zero-order valence-corrected chi connectivity index (χ0v) is 17.5. The highest BCUT2D eigenvalue weighted by molar-refractivity contribution is 5.95. The number of rotatable bonds is 7. The van der Waals surface area contributed by atoms with Gasteiger partial charge in [-0.2, -0.15) is 0 Å². The summed E-state index contributed by atoms with van der Waals surface area (Å²) in [6.45, 7) is 6.82. The van der Waals surface area contributed by atoms with Crippen molar-refractivity contribution in [2.24, 2.45) is 7.05 Å². The predicted octanol–water partition coefficient (Wildman–Crippen LogP) is 4.48. The maximum Gasteiger partial charge on any atom is 0.264 e. The van der Waals surface area contributed by atoms with Gasteiger partial charge in [-0.3, -0.25) is 9.59 Å². The summed E-state index contributed by atoms with van der Waals surface area (Å²) in [4.78, 5) is 26.9. The van der Waals surface area contributed by atoms with Crippen LogP contribution in [0.1, 0.15) is 38.7 Å². The molecule has 1 amide bonds. The average Bonchev–Trinajstić information content (AvgIpc) is 2.73. The molecule has 2 aromatic carbocycles. The van der Waals surface area contributed by atoms with Crippen molar-refractivity contribution in [2.75, 3.05) is 18.1 Å². The normalized spacial score (nSPS) is 11.1. The van der Waals surface area contributed by atoms with Gasteiger partial charge in [0, 0.05) is 30.7 Å². The van der Waals surface area contributed by atoms with Gasteiger partial charge in [-0.15, -0.1) is 0 Å². The molecule has 0 aliphatic carbocycles. The van der Waals surface area contributed by atoms with Crippen LogP contribution in [-0.4, -0.2) is 23.6 Å². The molecule has 3 rings (SSSR count). The van der Waals surface area contributed by atoms with Crippen molar-refractivity contribution in [1.82, 2.24) is 4.57 Å². The number of aryl methyl sites for hydroxylation is 1. The molecular formula is C24H28N2O3. The molecule has 0 atom stereocenters. The largest absolute Gasteiger partial charge is 0.483 e. The van der Waals surface area contributed by atoms with Crippen LogP contribution in [0.5, 0.6) is 5.75 Å². The number of ether oxygens (including phenoxy) is 1. The molecule has 1 heterocycles. The standard InChI is InChI=1S/C24H28N2O3/c1-5-14-26(19-12-10-18(11-13-19)17(2)3)24(28)16-29-22-15-23(27)25(4)21-9-7-6-8-20(21)22/h6-13,15,17H,5,14,16H2,1-4H3. The third kappa shape index (κ3) is 4.50. The van der Waals surface area contributed by atoms with E-state index in [0.717, 1.165) is 23.0 Å². The Morgan fingerprint density at radius 3 is 2.45 bits per heavy atom. The molecule has 0 bridgehead atoms. The highest BCUT2D eigenvalue weighted by atomic mass is 16.5. The fourth-order valence-electron chi connectivity index (χ4n) is 3.38. The van der Waals surface area contributed by atoms with Crippen LogP contribution in [-0.2, 0) is 11.8 Å². The minimum absolute atomic E-state index is 0.122. The number of nitrogens with zero attached hydrogens (tertiary/aromatic N) is 2. The maximum atomic E-state index is 12.9. The highest BCUT2D eigenvalue weighted by Crippen LogP contribution is 2.24. The van der Waals surface area contributed by atoms with Crippen LogP contribution in [0.3, 0.4) is 0 Å². The Labute approximate surface area is 171 Å². The molecule has 152 valence electrons. The zero-order chi connectivity index (χ0) is 21.0. The van der Waals surface area contributed by atoms with Crippen molar-refractivity contribution >= 4 is 22.5 Å². The van der Waals surface area contributed by atoms with Crippen LogP contribution < -0.4 is 15.2 Å². The molecule has 0 aliphatic rings. The first-order valence-electron chi connectivity index (χ1n) is 10.0. The number of fused-ring (bicyclic) bond motifs is 1. The summed E-state index contributed by atoms with van der Waals surface area (Å²) >= 11 is 0. The molecule has 29 heavy (non-hydrogen) atoms. The minimum Gasteiger partial charge on any atom is -0.483 e. The smallest absolute Gasteiger partial charge is 0.264 e. The van der Waals surface area contributed by atoms with Crippen molar-refractivity contribution in [3.8, 4) is 5.75 Å². The van der Waals surface area contributed by atoms with Crippen LogP contribution in [0.15, 0.2) is 59.4 Å². The number of pyridine rings is 1. The Bertz CT molecular complexity index is 1050. The maximum absolute atomic E-state index is 12.9. The molecular weight excluding hydrogens is 364 g/mol. The van der Waals surface area contributed by atoms with Crippen LogP contribution in [0.25, 0.3) is 10.9 Å². The number of carbonyl (C=O) groups is 1. The molecule has 3 aromatic rings. The molecule has 0 spiro atoms.